The molecule has 1 fully saturated rings. The van der Waals surface area contributed by atoms with Crippen LogP contribution in [0.5, 0.6) is 5.75 Å². The van der Waals surface area contributed by atoms with Gasteiger partial charge < -0.3 is 15.1 Å². The van der Waals surface area contributed by atoms with Crippen molar-refractivity contribution in [1.29, 1.82) is 0 Å². The van der Waals surface area contributed by atoms with Crippen LogP contribution in [0.4, 0.5) is 5.82 Å². The van der Waals surface area contributed by atoms with E-state index in [1.54, 1.807) is 12.1 Å². The number of aromatic hydroxyl groups is 1. The van der Waals surface area contributed by atoms with E-state index in [-0.39, 0.29) is 12.4 Å². The number of aryl methyl sites for hydroxylation is 1. The highest BCUT2D eigenvalue weighted by Crippen LogP contribution is 2.28. The zero-order valence-corrected chi connectivity index (χ0v) is 14.2. The highest BCUT2D eigenvalue weighted by molar-refractivity contribution is 5.65. The number of aliphatic hydroxyl groups excluding tert-OH is 1. The van der Waals surface area contributed by atoms with E-state index < -0.39 is 0 Å². The first-order valence-corrected chi connectivity index (χ1v) is 8.28. The minimum absolute atomic E-state index is 0.186. The third-order valence-corrected chi connectivity index (χ3v) is 4.55. The summed E-state index contributed by atoms with van der Waals surface area (Å²) in [7, 11) is 2.09. The number of aliphatic hydroxyl groups is 1. The SMILES string of the molecule is Cc1cc(N2CCN(C)C(CCO)C2)nc(-c2ccccc2O)n1. The molecule has 0 amide bonds. The number of hydrogen-bond acceptors (Lipinski definition) is 6. The average molecular weight is 328 g/mol. The molecule has 0 radical (unpaired) electrons. The summed E-state index contributed by atoms with van der Waals surface area (Å²) in [5.74, 6) is 1.60. The third-order valence-electron chi connectivity index (χ3n) is 4.55. The number of phenols is 1. The molecule has 2 N–H and O–H groups in total. The van der Waals surface area contributed by atoms with Gasteiger partial charge in [-0.1, -0.05) is 12.1 Å². The number of piperazine rings is 1. The van der Waals surface area contributed by atoms with Gasteiger partial charge in [0.2, 0.25) is 0 Å². The fraction of sp³-hybridized carbons (Fsp3) is 0.444. The third kappa shape index (κ3) is 3.49. The zero-order chi connectivity index (χ0) is 17.1. The molecule has 1 aliphatic heterocycles. The summed E-state index contributed by atoms with van der Waals surface area (Å²) in [5, 5.41) is 19.3. The maximum atomic E-state index is 10.1. The van der Waals surface area contributed by atoms with E-state index in [0.717, 1.165) is 37.6 Å². The quantitative estimate of drug-likeness (QED) is 0.889. The minimum atomic E-state index is 0.186. The first kappa shape index (κ1) is 16.7. The Labute approximate surface area is 142 Å². The van der Waals surface area contributed by atoms with E-state index in [2.05, 4.69) is 26.8 Å². The Morgan fingerprint density at radius 3 is 2.75 bits per heavy atom. The maximum Gasteiger partial charge on any atom is 0.165 e. The molecule has 0 saturated carbocycles. The zero-order valence-electron chi connectivity index (χ0n) is 14.2. The molecule has 128 valence electrons. The molecule has 1 unspecified atom stereocenters. The number of nitrogens with zero attached hydrogens (tertiary/aromatic N) is 4. The van der Waals surface area contributed by atoms with E-state index in [0.29, 0.717) is 17.4 Å². The number of phenolic OH excluding ortho intramolecular Hbond substituents is 1. The van der Waals surface area contributed by atoms with Crippen molar-refractivity contribution in [3.05, 3.63) is 36.0 Å². The number of anilines is 1. The summed E-state index contributed by atoms with van der Waals surface area (Å²) in [5.41, 5.74) is 1.51. The summed E-state index contributed by atoms with van der Waals surface area (Å²) in [6, 6.07) is 9.42. The standard InChI is InChI=1S/C18H24N4O2/c1-13-11-17(22-9-8-21(2)14(12-22)7-10-23)20-18(19-13)15-5-3-4-6-16(15)24/h3-6,11,14,23-24H,7-10,12H2,1-2H3. The van der Waals surface area contributed by atoms with Crippen LogP contribution in [0, 0.1) is 6.92 Å². The molecule has 0 bridgehead atoms. The van der Waals surface area contributed by atoms with Crippen LogP contribution in [0.2, 0.25) is 0 Å². The molecule has 6 nitrogen and oxygen atoms in total. The Balaban J connectivity index is 1.90. The number of likely N-dealkylation sites (N-methyl/N-ethyl adjacent to an activating group) is 1. The summed E-state index contributed by atoms with van der Waals surface area (Å²) >= 11 is 0. The van der Waals surface area contributed by atoms with Gasteiger partial charge in [0.05, 0.1) is 5.56 Å². The lowest BCUT2D eigenvalue weighted by molar-refractivity contribution is 0.170. The number of benzene rings is 1. The lowest BCUT2D eigenvalue weighted by Crippen LogP contribution is -2.52. The second kappa shape index (κ2) is 7.15. The molecular weight excluding hydrogens is 304 g/mol. The van der Waals surface area contributed by atoms with E-state index in [1.165, 1.54) is 0 Å². The Bertz CT molecular complexity index is 707. The topological polar surface area (TPSA) is 72.7 Å². The van der Waals surface area contributed by atoms with E-state index in [9.17, 15) is 10.2 Å². The summed E-state index contributed by atoms with van der Waals surface area (Å²) in [6.45, 7) is 4.77. The highest BCUT2D eigenvalue weighted by atomic mass is 16.3. The number of aromatic nitrogens is 2. The van der Waals surface area contributed by atoms with Gasteiger partial charge in [-0.05, 0) is 32.5 Å². The predicted molar refractivity (Wildman–Crippen MR) is 94.2 cm³/mol. The van der Waals surface area contributed by atoms with Gasteiger partial charge in [0, 0.05) is 44.0 Å². The van der Waals surface area contributed by atoms with Crippen LogP contribution in [0.1, 0.15) is 12.1 Å². The summed E-state index contributed by atoms with van der Waals surface area (Å²) in [6.07, 6.45) is 0.753. The average Bonchev–Trinajstić information content (AvgIpc) is 2.57. The van der Waals surface area contributed by atoms with Crippen LogP contribution < -0.4 is 4.90 Å². The Morgan fingerprint density at radius 1 is 1.21 bits per heavy atom. The van der Waals surface area contributed by atoms with Gasteiger partial charge in [-0.25, -0.2) is 9.97 Å². The van der Waals surface area contributed by atoms with Gasteiger partial charge >= 0.3 is 0 Å². The first-order valence-electron chi connectivity index (χ1n) is 8.28. The van der Waals surface area contributed by atoms with Crippen molar-refractivity contribution in [3.8, 4) is 17.1 Å². The molecule has 2 aromatic rings. The van der Waals surface area contributed by atoms with Crippen LogP contribution in [0.3, 0.4) is 0 Å². The normalized spacial score (nSPS) is 18.8. The van der Waals surface area contributed by atoms with Crippen molar-refractivity contribution < 1.29 is 10.2 Å². The van der Waals surface area contributed by atoms with Crippen LogP contribution in [0.25, 0.3) is 11.4 Å². The number of hydrogen-bond donors (Lipinski definition) is 2. The van der Waals surface area contributed by atoms with Gasteiger partial charge in [0.25, 0.3) is 0 Å². The second-order valence-electron chi connectivity index (χ2n) is 6.30. The molecule has 2 heterocycles. The second-order valence-corrected chi connectivity index (χ2v) is 6.30. The molecule has 24 heavy (non-hydrogen) atoms. The van der Waals surface area contributed by atoms with Crippen LogP contribution in [-0.4, -0.2) is 64.4 Å². The molecular formula is C18H24N4O2. The van der Waals surface area contributed by atoms with Crippen LogP contribution >= 0.6 is 0 Å². The van der Waals surface area contributed by atoms with Gasteiger partial charge in [-0.2, -0.15) is 0 Å². The van der Waals surface area contributed by atoms with Gasteiger partial charge in [-0.15, -0.1) is 0 Å². The lowest BCUT2D eigenvalue weighted by Gasteiger charge is -2.40. The molecule has 1 aromatic carbocycles. The minimum Gasteiger partial charge on any atom is -0.507 e. The largest absolute Gasteiger partial charge is 0.507 e. The van der Waals surface area contributed by atoms with Crippen molar-refractivity contribution >= 4 is 5.82 Å². The van der Waals surface area contributed by atoms with E-state index in [1.807, 2.05) is 25.1 Å². The molecule has 1 saturated heterocycles. The van der Waals surface area contributed by atoms with Crippen molar-refractivity contribution in [2.45, 2.75) is 19.4 Å². The summed E-state index contributed by atoms with van der Waals surface area (Å²) < 4.78 is 0. The van der Waals surface area contributed by atoms with Crippen LogP contribution in [-0.2, 0) is 0 Å². The molecule has 6 heteroatoms. The van der Waals surface area contributed by atoms with Gasteiger partial charge in [0.1, 0.15) is 11.6 Å². The van der Waals surface area contributed by atoms with Crippen LogP contribution in [0.15, 0.2) is 30.3 Å². The Morgan fingerprint density at radius 2 is 2.00 bits per heavy atom. The van der Waals surface area contributed by atoms with Crippen molar-refractivity contribution in [2.75, 3.05) is 38.2 Å². The monoisotopic (exact) mass is 328 g/mol. The van der Waals surface area contributed by atoms with Crippen molar-refractivity contribution in [3.63, 3.8) is 0 Å². The highest BCUT2D eigenvalue weighted by Gasteiger charge is 2.25. The number of para-hydroxylation sites is 1. The first-order chi connectivity index (χ1) is 11.6. The maximum absolute atomic E-state index is 10.1. The fourth-order valence-corrected chi connectivity index (χ4v) is 3.11. The smallest absolute Gasteiger partial charge is 0.165 e. The van der Waals surface area contributed by atoms with Crippen molar-refractivity contribution in [1.82, 2.24) is 14.9 Å². The molecule has 0 spiro atoms. The van der Waals surface area contributed by atoms with Gasteiger partial charge in [0.15, 0.2) is 5.82 Å². The molecule has 1 aromatic heterocycles. The Hall–Kier alpha value is -2.18. The van der Waals surface area contributed by atoms with E-state index >= 15 is 0 Å². The molecule has 1 aliphatic rings. The molecule has 0 aliphatic carbocycles. The van der Waals surface area contributed by atoms with Gasteiger partial charge in [-0.3, -0.25) is 4.90 Å². The van der Waals surface area contributed by atoms with Crippen molar-refractivity contribution in [2.24, 2.45) is 0 Å². The van der Waals surface area contributed by atoms with E-state index in [4.69, 9.17) is 0 Å². The summed E-state index contributed by atoms with van der Waals surface area (Å²) in [4.78, 5) is 13.7. The number of rotatable bonds is 4. The lowest BCUT2D eigenvalue weighted by atomic mass is 10.1. The molecule has 3 rings (SSSR count). The predicted octanol–water partition coefficient (Wildman–Crippen LogP) is 1.66. The Kier molecular flexibility index (Phi) is 4.97. The molecule has 1 atom stereocenters. The fourth-order valence-electron chi connectivity index (χ4n) is 3.11.